The van der Waals surface area contributed by atoms with Crippen LogP contribution in [0.3, 0.4) is 0 Å². The standard InChI is InChI=1S/C14H10N2O4/c17-14(11-4-2-1-3-5-11)13(15-18)10-6-8-12(9-7-10)16(19)20/h1-9,18H. The molecule has 0 aliphatic carbocycles. The van der Waals surface area contributed by atoms with Crippen LogP contribution in [0.15, 0.2) is 59.8 Å². The summed E-state index contributed by atoms with van der Waals surface area (Å²) in [7, 11) is 0. The van der Waals surface area contributed by atoms with Gasteiger partial charge in [-0.05, 0) is 12.1 Å². The van der Waals surface area contributed by atoms with E-state index in [1.54, 1.807) is 30.3 Å². The number of carbonyl (C=O) groups excluding carboxylic acids is 1. The third-order valence-electron chi connectivity index (χ3n) is 2.70. The Morgan fingerprint density at radius 1 is 1.00 bits per heavy atom. The van der Waals surface area contributed by atoms with Crippen molar-refractivity contribution in [3.05, 3.63) is 75.8 Å². The van der Waals surface area contributed by atoms with E-state index in [4.69, 9.17) is 5.21 Å². The molecule has 6 heteroatoms. The Morgan fingerprint density at radius 3 is 2.10 bits per heavy atom. The number of nitrogens with zero attached hydrogens (tertiary/aromatic N) is 2. The predicted octanol–water partition coefficient (Wildman–Crippen LogP) is 2.66. The fourth-order valence-electron chi connectivity index (χ4n) is 1.70. The average molecular weight is 270 g/mol. The Bertz CT molecular complexity index is 663. The van der Waals surface area contributed by atoms with Gasteiger partial charge in [0.05, 0.1) is 4.92 Å². The number of Topliss-reactive ketones (excluding diaryl/α,β-unsaturated/α-hetero) is 1. The Labute approximate surface area is 114 Å². The van der Waals surface area contributed by atoms with Gasteiger partial charge in [0.25, 0.3) is 5.69 Å². The number of nitro benzene ring substituents is 1. The second kappa shape index (κ2) is 5.75. The highest BCUT2D eigenvalue weighted by Gasteiger charge is 2.17. The minimum absolute atomic E-state index is 0.0989. The van der Waals surface area contributed by atoms with Crippen LogP contribution in [-0.2, 0) is 0 Å². The average Bonchev–Trinajstić information content (AvgIpc) is 2.49. The van der Waals surface area contributed by atoms with Crippen LogP contribution >= 0.6 is 0 Å². The van der Waals surface area contributed by atoms with Gasteiger partial charge in [-0.1, -0.05) is 35.5 Å². The smallest absolute Gasteiger partial charge is 0.269 e. The van der Waals surface area contributed by atoms with Crippen molar-refractivity contribution in [2.24, 2.45) is 5.16 Å². The van der Waals surface area contributed by atoms with Crippen LogP contribution in [0.2, 0.25) is 0 Å². The number of benzene rings is 2. The molecule has 0 aromatic heterocycles. The molecule has 0 aliphatic heterocycles. The largest absolute Gasteiger partial charge is 0.410 e. The summed E-state index contributed by atoms with van der Waals surface area (Å²) in [5, 5.41) is 22.6. The number of ketones is 1. The SMILES string of the molecule is O=C(C(=NO)c1ccc([N+](=O)[O-])cc1)c1ccccc1. The Balaban J connectivity index is 2.34. The lowest BCUT2D eigenvalue weighted by atomic mass is 10.0. The first-order chi connectivity index (χ1) is 9.63. The molecule has 0 fully saturated rings. The van der Waals surface area contributed by atoms with Crippen molar-refractivity contribution in [2.75, 3.05) is 0 Å². The molecule has 1 N–H and O–H groups in total. The topological polar surface area (TPSA) is 92.8 Å². The quantitative estimate of drug-likeness (QED) is 0.304. The lowest BCUT2D eigenvalue weighted by Gasteiger charge is -2.03. The minimum atomic E-state index is -0.543. The first kappa shape index (κ1) is 13.4. The van der Waals surface area contributed by atoms with Crippen molar-refractivity contribution in [3.63, 3.8) is 0 Å². The summed E-state index contributed by atoms with van der Waals surface area (Å²) in [6, 6.07) is 13.6. The summed E-state index contributed by atoms with van der Waals surface area (Å²) in [5.41, 5.74) is 0.426. The molecule has 6 nitrogen and oxygen atoms in total. The fraction of sp³-hybridized carbons (Fsp3) is 0. The molecule has 0 unspecified atom stereocenters. The number of rotatable bonds is 4. The van der Waals surface area contributed by atoms with Gasteiger partial charge in [0.1, 0.15) is 0 Å². The van der Waals surface area contributed by atoms with E-state index < -0.39 is 10.7 Å². The molecular formula is C14H10N2O4. The first-order valence-electron chi connectivity index (χ1n) is 5.70. The second-order valence-electron chi connectivity index (χ2n) is 3.95. The van der Waals surface area contributed by atoms with E-state index in [0.29, 0.717) is 11.1 Å². The van der Waals surface area contributed by atoms with E-state index in [2.05, 4.69) is 5.16 Å². The molecule has 2 rings (SSSR count). The van der Waals surface area contributed by atoms with Crippen LogP contribution in [0.4, 0.5) is 5.69 Å². The number of carbonyl (C=O) groups is 1. The van der Waals surface area contributed by atoms with Gasteiger partial charge in [0, 0.05) is 23.3 Å². The summed E-state index contributed by atoms with van der Waals surface area (Å²) in [6.07, 6.45) is 0. The van der Waals surface area contributed by atoms with Gasteiger partial charge in [-0.2, -0.15) is 0 Å². The third kappa shape index (κ3) is 2.69. The van der Waals surface area contributed by atoms with E-state index in [-0.39, 0.29) is 11.4 Å². The van der Waals surface area contributed by atoms with Crippen molar-refractivity contribution in [3.8, 4) is 0 Å². The molecule has 0 atom stereocenters. The highest BCUT2D eigenvalue weighted by Crippen LogP contribution is 2.14. The molecule has 0 bridgehead atoms. The van der Waals surface area contributed by atoms with Crippen LogP contribution in [0.1, 0.15) is 15.9 Å². The van der Waals surface area contributed by atoms with Crippen molar-refractivity contribution in [1.29, 1.82) is 0 Å². The number of nitro groups is 1. The number of hydrogen-bond acceptors (Lipinski definition) is 5. The maximum atomic E-state index is 12.2. The van der Waals surface area contributed by atoms with Gasteiger partial charge in [-0.25, -0.2) is 0 Å². The monoisotopic (exact) mass is 270 g/mol. The molecule has 0 saturated heterocycles. The lowest BCUT2D eigenvalue weighted by Crippen LogP contribution is -2.15. The Hall–Kier alpha value is -3.02. The van der Waals surface area contributed by atoms with Gasteiger partial charge in [-0.15, -0.1) is 0 Å². The van der Waals surface area contributed by atoms with Crippen LogP contribution < -0.4 is 0 Å². The van der Waals surface area contributed by atoms with E-state index in [1.807, 2.05) is 0 Å². The molecule has 0 radical (unpaired) electrons. The first-order valence-corrected chi connectivity index (χ1v) is 5.70. The summed E-state index contributed by atoms with van der Waals surface area (Å²) in [6.45, 7) is 0. The Morgan fingerprint density at radius 2 is 1.60 bits per heavy atom. The molecular weight excluding hydrogens is 260 g/mol. The summed E-state index contributed by atoms with van der Waals surface area (Å²) < 4.78 is 0. The van der Waals surface area contributed by atoms with Crippen LogP contribution in [0.25, 0.3) is 0 Å². The second-order valence-corrected chi connectivity index (χ2v) is 3.95. The van der Waals surface area contributed by atoms with Crippen molar-refractivity contribution in [2.45, 2.75) is 0 Å². The van der Waals surface area contributed by atoms with Gasteiger partial charge in [0.15, 0.2) is 5.71 Å². The summed E-state index contributed by atoms with van der Waals surface area (Å²) in [4.78, 5) is 22.2. The molecule has 0 spiro atoms. The van der Waals surface area contributed by atoms with Gasteiger partial charge in [0.2, 0.25) is 5.78 Å². The van der Waals surface area contributed by atoms with E-state index >= 15 is 0 Å². The molecule has 0 saturated carbocycles. The molecule has 20 heavy (non-hydrogen) atoms. The normalized spacial score (nSPS) is 11.1. The molecule has 2 aromatic carbocycles. The van der Waals surface area contributed by atoms with Crippen molar-refractivity contribution in [1.82, 2.24) is 0 Å². The minimum Gasteiger partial charge on any atom is -0.410 e. The number of hydrogen-bond donors (Lipinski definition) is 1. The zero-order valence-corrected chi connectivity index (χ0v) is 10.3. The van der Waals surface area contributed by atoms with Crippen molar-refractivity contribution >= 4 is 17.2 Å². The van der Waals surface area contributed by atoms with E-state index in [1.165, 1.54) is 24.3 Å². The van der Waals surface area contributed by atoms with Gasteiger partial charge in [-0.3, -0.25) is 14.9 Å². The molecule has 0 aliphatic rings. The van der Waals surface area contributed by atoms with E-state index in [9.17, 15) is 14.9 Å². The fourth-order valence-corrected chi connectivity index (χ4v) is 1.70. The van der Waals surface area contributed by atoms with Crippen LogP contribution in [0, 0.1) is 10.1 Å². The Kier molecular flexibility index (Phi) is 3.85. The summed E-state index contributed by atoms with van der Waals surface area (Å²) >= 11 is 0. The highest BCUT2D eigenvalue weighted by atomic mass is 16.6. The molecule has 100 valence electrons. The summed E-state index contributed by atoms with van der Waals surface area (Å²) in [5.74, 6) is -0.457. The number of non-ortho nitro benzene ring substituents is 1. The lowest BCUT2D eigenvalue weighted by molar-refractivity contribution is -0.384. The molecule has 0 heterocycles. The maximum absolute atomic E-state index is 12.2. The van der Waals surface area contributed by atoms with Crippen LogP contribution in [0.5, 0.6) is 0 Å². The highest BCUT2D eigenvalue weighted by molar-refractivity contribution is 6.51. The van der Waals surface area contributed by atoms with Gasteiger partial charge < -0.3 is 5.21 Å². The van der Waals surface area contributed by atoms with Crippen LogP contribution in [-0.4, -0.2) is 21.6 Å². The van der Waals surface area contributed by atoms with Crippen molar-refractivity contribution < 1.29 is 14.9 Å². The zero-order chi connectivity index (χ0) is 14.5. The molecule has 2 aromatic rings. The predicted molar refractivity (Wildman–Crippen MR) is 72.2 cm³/mol. The molecule has 0 amide bonds. The zero-order valence-electron chi connectivity index (χ0n) is 10.3. The maximum Gasteiger partial charge on any atom is 0.269 e. The third-order valence-corrected chi connectivity index (χ3v) is 2.70. The van der Waals surface area contributed by atoms with E-state index in [0.717, 1.165) is 0 Å². The van der Waals surface area contributed by atoms with Gasteiger partial charge >= 0.3 is 0 Å². The number of oxime groups is 1.